The Morgan fingerprint density at radius 3 is 2.83 bits per heavy atom. The lowest BCUT2D eigenvalue weighted by molar-refractivity contribution is -0.131. The maximum Gasteiger partial charge on any atom is 0.290 e. The molecule has 0 radical (unpaired) electrons. The van der Waals surface area contributed by atoms with Gasteiger partial charge in [0.2, 0.25) is 5.91 Å². The number of hydrogen-bond acceptors (Lipinski definition) is 4. The summed E-state index contributed by atoms with van der Waals surface area (Å²) in [6.07, 6.45) is 5.25. The first kappa shape index (κ1) is 20.9. The third-order valence-corrected chi connectivity index (χ3v) is 7.03. The zero-order valence-corrected chi connectivity index (χ0v) is 18.0. The zero-order valence-electron chi connectivity index (χ0n) is 18.0. The molecule has 3 aliphatic heterocycles. The Morgan fingerprint density at radius 2 is 2.10 bits per heavy atom. The highest BCUT2D eigenvalue weighted by molar-refractivity contribution is 5.89. The molecular weight excluding hydrogens is 382 g/mol. The Labute approximate surface area is 177 Å². The molecule has 7 nitrogen and oxygen atoms in total. The van der Waals surface area contributed by atoms with Gasteiger partial charge in [0.05, 0.1) is 24.7 Å². The summed E-state index contributed by atoms with van der Waals surface area (Å²) in [5, 5.41) is 8.08. The SMILES string of the molecule is CN(C)C[C@H]1[C@H]2CN(C(=O)Cc3cn(C)c4ccccc34)C[C@]23CC[C@H]1O3.O=CO. The van der Waals surface area contributed by atoms with E-state index in [1.807, 2.05) is 19.2 Å². The molecule has 1 aromatic carbocycles. The first-order valence-electron chi connectivity index (χ1n) is 10.6. The first-order valence-corrected chi connectivity index (χ1v) is 10.6. The third-order valence-electron chi connectivity index (χ3n) is 7.03. The molecule has 0 saturated carbocycles. The van der Waals surface area contributed by atoms with Crippen molar-refractivity contribution in [3.05, 3.63) is 36.0 Å². The van der Waals surface area contributed by atoms with E-state index in [0.29, 0.717) is 24.4 Å². The molecule has 0 unspecified atom stereocenters. The van der Waals surface area contributed by atoms with Gasteiger partial charge in [-0.3, -0.25) is 9.59 Å². The van der Waals surface area contributed by atoms with Crippen LogP contribution in [0.4, 0.5) is 0 Å². The number of ether oxygens (including phenoxy) is 1. The lowest BCUT2D eigenvalue weighted by atomic mass is 9.73. The Kier molecular flexibility index (Phi) is 5.59. The number of carbonyl (C=O) groups is 2. The van der Waals surface area contributed by atoms with Crippen LogP contribution in [0.3, 0.4) is 0 Å². The van der Waals surface area contributed by atoms with E-state index in [-0.39, 0.29) is 18.0 Å². The van der Waals surface area contributed by atoms with Crippen molar-refractivity contribution in [3.63, 3.8) is 0 Å². The molecule has 162 valence electrons. The number of likely N-dealkylation sites (tertiary alicyclic amines) is 1. The van der Waals surface area contributed by atoms with Crippen LogP contribution >= 0.6 is 0 Å². The van der Waals surface area contributed by atoms with Crippen molar-refractivity contribution in [3.8, 4) is 0 Å². The van der Waals surface area contributed by atoms with Crippen LogP contribution in [-0.4, -0.2) is 77.3 Å². The molecule has 30 heavy (non-hydrogen) atoms. The van der Waals surface area contributed by atoms with Crippen molar-refractivity contribution in [2.45, 2.75) is 31.0 Å². The van der Waals surface area contributed by atoms with Crippen LogP contribution in [0.1, 0.15) is 18.4 Å². The summed E-state index contributed by atoms with van der Waals surface area (Å²) in [6.45, 7) is 2.45. The second-order valence-corrected chi connectivity index (χ2v) is 9.13. The smallest absolute Gasteiger partial charge is 0.290 e. The van der Waals surface area contributed by atoms with E-state index >= 15 is 0 Å². The Hall–Kier alpha value is -2.38. The molecule has 2 bridgehead atoms. The van der Waals surface area contributed by atoms with Crippen molar-refractivity contribution >= 4 is 23.3 Å². The van der Waals surface area contributed by atoms with Crippen LogP contribution in [0.5, 0.6) is 0 Å². The number of aromatic nitrogens is 1. The van der Waals surface area contributed by atoms with Crippen molar-refractivity contribution in [1.29, 1.82) is 0 Å². The van der Waals surface area contributed by atoms with Gasteiger partial charge >= 0.3 is 0 Å². The minimum absolute atomic E-state index is 0.0697. The topological polar surface area (TPSA) is 75.0 Å². The van der Waals surface area contributed by atoms with Gasteiger partial charge in [0, 0.05) is 49.1 Å². The molecule has 1 aromatic heterocycles. The monoisotopic (exact) mass is 413 g/mol. The molecule has 4 atom stereocenters. The normalized spacial score (nSPS) is 29.2. The molecule has 4 heterocycles. The van der Waals surface area contributed by atoms with Crippen molar-refractivity contribution in [1.82, 2.24) is 14.4 Å². The molecule has 3 aliphatic rings. The van der Waals surface area contributed by atoms with Gasteiger partial charge in [-0.1, -0.05) is 18.2 Å². The van der Waals surface area contributed by atoms with E-state index in [1.165, 1.54) is 10.9 Å². The predicted octanol–water partition coefficient (Wildman–Crippen LogP) is 1.99. The van der Waals surface area contributed by atoms with E-state index in [0.717, 1.165) is 38.0 Å². The van der Waals surface area contributed by atoms with Gasteiger partial charge in [0.15, 0.2) is 0 Å². The maximum atomic E-state index is 13.2. The molecule has 7 heteroatoms. The van der Waals surface area contributed by atoms with Crippen molar-refractivity contribution in [2.24, 2.45) is 18.9 Å². The number of para-hydroxylation sites is 1. The standard InChI is InChI=1S/C22H29N3O2.CH2O2/c1-23(2)12-17-18-13-25(14-22(18)9-8-20(17)27-22)21(26)10-15-11-24(3)19-7-5-4-6-16(15)19;2-1-3/h4-7,11,17-18,20H,8-10,12-14H2,1-3H3;1H,(H,2,3)/t17-,18+,20+,22+;/m0./s1. The molecule has 0 aliphatic carbocycles. The lowest BCUT2D eigenvalue weighted by Gasteiger charge is -2.30. The van der Waals surface area contributed by atoms with E-state index in [2.05, 4.69) is 46.8 Å². The van der Waals surface area contributed by atoms with Crippen LogP contribution in [0, 0.1) is 11.8 Å². The molecule has 3 fully saturated rings. The number of aryl methyl sites for hydroxylation is 1. The average Bonchev–Trinajstić information content (AvgIpc) is 3.43. The zero-order chi connectivity index (χ0) is 21.5. The largest absolute Gasteiger partial charge is 0.483 e. The van der Waals surface area contributed by atoms with Gasteiger partial charge in [0.25, 0.3) is 6.47 Å². The Morgan fingerprint density at radius 1 is 1.37 bits per heavy atom. The highest BCUT2D eigenvalue weighted by Crippen LogP contribution is 2.55. The highest BCUT2D eigenvalue weighted by Gasteiger charge is 2.63. The van der Waals surface area contributed by atoms with Crippen LogP contribution in [-0.2, 0) is 27.8 Å². The molecule has 1 N–H and O–H groups in total. The summed E-state index contributed by atoms with van der Waals surface area (Å²) in [4.78, 5) is 25.9. The minimum atomic E-state index is -0.250. The second kappa shape index (κ2) is 8.04. The molecule has 1 amide bonds. The minimum Gasteiger partial charge on any atom is -0.483 e. The fourth-order valence-electron chi connectivity index (χ4n) is 5.89. The van der Waals surface area contributed by atoms with E-state index in [9.17, 15) is 4.79 Å². The van der Waals surface area contributed by atoms with Gasteiger partial charge in [-0.25, -0.2) is 0 Å². The fraction of sp³-hybridized carbons (Fsp3) is 0.565. The number of nitrogens with zero attached hydrogens (tertiary/aromatic N) is 3. The lowest BCUT2D eigenvalue weighted by Crippen LogP contribution is -2.40. The van der Waals surface area contributed by atoms with Gasteiger partial charge in [-0.2, -0.15) is 0 Å². The van der Waals surface area contributed by atoms with Gasteiger partial charge in [-0.15, -0.1) is 0 Å². The number of fused-ring (bicyclic) bond motifs is 2. The van der Waals surface area contributed by atoms with Crippen LogP contribution in [0.15, 0.2) is 30.5 Å². The van der Waals surface area contributed by atoms with Crippen LogP contribution < -0.4 is 0 Å². The predicted molar refractivity (Wildman–Crippen MR) is 114 cm³/mol. The van der Waals surface area contributed by atoms with Crippen LogP contribution in [0.2, 0.25) is 0 Å². The molecule has 2 aromatic rings. The quantitative estimate of drug-likeness (QED) is 0.776. The molecule has 3 saturated heterocycles. The molecule has 5 rings (SSSR count). The summed E-state index contributed by atoms with van der Waals surface area (Å²) in [7, 11) is 6.32. The van der Waals surface area contributed by atoms with Gasteiger partial charge < -0.3 is 24.2 Å². The van der Waals surface area contributed by atoms with Gasteiger partial charge in [0.1, 0.15) is 0 Å². The van der Waals surface area contributed by atoms with Crippen molar-refractivity contribution in [2.75, 3.05) is 33.7 Å². The Bertz CT molecular complexity index is 940. The van der Waals surface area contributed by atoms with Crippen LogP contribution in [0.25, 0.3) is 10.9 Å². The maximum absolute atomic E-state index is 13.2. The van der Waals surface area contributed by atoms with Crippen molar-refractivity contribution < 1.29 is 19.4 Å². The second-order valence-electron chi connectivity index (χ2n) is 9.13. The average molecular weight is 414 g/mol. The molecule has 1 spiro atoms. The number of carboxylic acid groups (broad SMARTS) is 1. The fourth-order valence-corrected chi connectivity index (χ4v) is 5.89. The van der Waals surface area contributed by atoms with E-state index < -0.39 is 0 Å². The van der Waals surface area contributed by atoms with Gasteiger partial charge in [-0.05, 0) is 38.6 Å². The summed E-state index contributed by atoms with van der Waals surface area (Å²) < 4.78 is 8.60. The Balaban J connectivity index is 0.000000687. The number of benzene rings is 1. The van der Waals surface area contributed by atoms with E-state index in [1.54, 1.807) is 0 Å². The summed E-state index contributed by atoms with van der Waals surface area (Å²) >= 11 is 0. The number of carbonyl (C=O) groups excluding carboxylic acids is 1. The number of hydrogen-bond donors (Lipinski definition) is 1. The van der Waals surface area contributed by atoms with E-state index in [4.69, 9.17) is 14.6 Å². The highest BCUT2D eigenvalue weighted by atomic mass is 16.5. The number of amides is 1. The molecular formula is C23H31N3O4. The summed E-state index contributed by atoms with van der Waals surface area (Å²) in [5.74, 6) is 1.30. The summed E-state index contributed by atoms with van der Waals surface area (Å²) in [5.41, 5.74) is 2.24. The summed E-state index contributed by atoms with van der Waals surface area (Å²) in [6, 6.07) is 8.33. The third kappa shape index (κ3) is 3.50. The number of rotatable bonds is 4. The first-order chi connectivity index (χ1) is 14.4.